The molecule has 0 aliphatic carbocycles. The number of nitrogens with zero attached hydrogens (tertiary/aromatic N) is 1. The van der Waals surface area contributed by atoms with Crippen molar-refractivity contribution in [2.75, 3.05) is 6.54 Å². The zero-order valence-corrected chi connectivity index (χ0v) is 14.8. The molecule has 1 aliphatic heterocycles. The van der Waals surface area contributed by atoms with Crippen molar-refractivity contribution < 1.29 is 4.79 Å². The standard InChI is InChI=1S/C24H23NO/c26-19-17-23-16-18-25(23)24(20-10-4-1-5-11-20,21-12-6-2-7-13-21)22-14-8-3-9-15-22/h1-15,19,23H,16-18H2/t23-/m0/s1. The lowest BCUT2D eigenvalue weighted by Gasteiger charge is -2.54. The highest BCUT2D eigenvalue weighted by atomic mass is 16.1. The van der Waals surface area contributed by atoms with Crippen LogP contribution in [0.4, 0.5) is 0 Å². The molecule has 1 aliphatic rings. The van der Waals surface area contributed by atoms with Gasteiger partial charge in [-0.15, -0.1) is 0 Å². The second-order valence-corrected chi connectivity index (χ2v) is 6.85. The zero-order chi connectivity index (χ0) is 17.8. The van der Waals surface area contributed by atoms with Gasteiger partial charge < -0.3 is 4.79 Å². The summed E-state index contributed by atoms with van der Waals surface area (Å²) in [6.07, 6.45) is 2.70. The van der Waals surface area contributed by atoms with Gasteiger partial charge in [-0.2, -0.15) is 0 Å². The van der Waals surface area contributed by atoms with Crippen LogP contribution in [-0.4, -0.2) is 23.8 Å². The van der Waals surface area contributed by atoms with E-state index in [-0.39, 0.29) is 11.6 Å². The molecule has 1 atom stereocenters. The second-order valence-electron chi connectivity index (χ2n) is 6.85. The van der Waals surface area contributed by atoms with Gasteiger partial charge in [0.1, 0.15) is 6.29 Å². The molecule has 3 aromatic carbocycles. The van der Waals surface area contributed by atoms with Gasteiger partial charge in [0.25, 0.3) is 0 Å². The summed E-state index contributed by atoms with van der Waals surface area (Å²) in [5.41, 5.74) is 3.35. The Morgan fingerprint density at radius 2 is 1.19 bits per heavy atom. The highest BCUT2D eigenvalue weighted by Crippen LogP contribution is 2.47. The number of benzene rings is 3. The molecule has 0 unspecified atom stereocenters. The van der Waals surface area contributed by atoms with Crippen molar-refractivity contribution in [2.45, 2.75) is 24.4 Å². The molecule has 0 spiro atoms. The zero-order valence-electron chi connectivity index (χ0n) is 14.8. The molecule has 0 radical (unpaired) electrons. The third-order valence-electron chi connectivity index (χ3n) is 5.52. The summed E-state index contributed by atoms with van der Waals surface area (Å²) in [4.78, 5) is 13.8. The Kier molecular flexibility index (Phi) is 4.68. The number of aldehydes is 1. The first-order chi connectivity index (χ1) is 12.9. The molecular formula is C24H23NO. The molecule has 2 heteroatoms. The fourth-order valence-corrected chi connectivity index (χ4v) is 4.27. The van der Waals surface area contributed by atoms with Crippen LogP contribution in [0.2, 0.25) is 0 Å². The number of hydrogen-bond acceptors (Lipinski definition) is 2. The second kappa shape index (κ2) is 7.27. The number of carbonyl (C=O) groups excluding carboxylic acids is 1. The highest BCUT2D eigenvalue weighted by molar-refractivity contribution is 5.53. The van der Waals surface area contributed by atoms with Crippen molar-refractivity contribution in [1.29, 1.82) is 0 Å². The summed E-state index contributed by atoms with van der Waals surface area (Å²) in [6.45, 7) is 0.983. The summed E-state index contributed by atoms with van der Waals surface area (Å²) in [7, 11) is 0. The summed E-state index contributed by atoms with van der Waals surface area (Å²) >= 11 is 0. The van der Waals surface area contributed by atoms with Crippen molar-refractivity contribution in [1.82, 2.24) is 4.90 Å². The van der Waals surface area contributed by atoms with Gasteiger partial charge in [-0.3, -0.25) is 4.90 Å². The lowest BCUT2D eigenvalue weighted by molar-refractivity contribution is -0.111. The van der Waals surface area contributed by atoms with Gasteiger partial charge in [0.2, 0.25) is 0 Å². The number of carbonyl (C=O) groups is 1. The van der Waals surface area contributed by atoms with Crippen molar-refractivity contribution in [3.63, 3.8) is 0 Å². The molecule has 1 fully saturated rings. The molecule has 4 rings (SSSR count). The minimum Gasteiger partial charge on any atom is -0.303 e. The number of hydrogen-bond donors (Lipinski definition) is 0. The van der Waals surface area contributed by atoms with E-state index in [0.29, 0.717) is 6.42 Å². The van der Waals surface area contributed by atoms with Crippen LogP contribution in [0, 0.1) is 0 Å². The molecule has 130 valence electrons. The molecule has 0 amide bonds. The van der Waals surface area contributed by atoms with Gasteiger partial charge in [-0.25, -0.2) is 0 Å². The van der Waals surface area contributed by atoms with Crippen LogP contribution in [0.5, 0.6) is 0 Å². The van der Waals surface area contributed by atoms with Crippen LogP contribution < -0.4 is 0 Å². The molecule has 3 aromatic rings. The fourth-order valence-electron chi connectivity index (χ4n) is 4.27. The van der Waals surface area contributed by atoms with E-state index < -0.39 is 0 Å². The number of likely N-dealkylation sites (tertiary alicyclic amines) is 1. The van der Waals surface area contributed by atoms with Crippen LogP contribution >= 0.6 is 0 Å². The topological polar surface area (TPSA) is 20.3 Å². The van der Waals surface area contributed by atoms with Crippen LogP contribution in [0.3, 0.4) is 0 Å². The van der Waals surface area contributed by atoms with Gasteiger partial charge in [-0.1, -0.05) is 91.0 Å². The van der Waals surface area contributed by atoms with E-state index in [2.05, 4.69) is 95.9 Å². The predicted octanol–water partition coefficient (Wildman–Crippen LogP) is 4.64. The Morgan fingerprint density at radius 3 is 1.50 bits per heavy atom. The van der Waals surface area contributed by atoms with E-state index in [1.807, 2.05) is 0 Å². The van der Waals surface area contributed by atoms with E-state index in [9.17, 15) is 4.79 Å². The van der Waals surface area contributed by atoms with Crippen LogP contribution in [0.1, 0.15) is 29.5 Å². The summed E-state index contributed by atoms with van der Waals surface area (Å²) in [6, 6.07) is 32.3. The van der Waals surface area contributed by atoms with Gasteiger partial charge >= 0.3 is 0 Å². The van der Waals surface area contributed by atoms with Gasteiger partial charge in [0.15, 0.2) is 0 Å². The van der Waals surface area contributed by atoms with E-state index in [4.69, 9.17) is 0 Å². The molecule has 1 heterocycles. The maximum Gasteiger partial charge on any atom is 0.121 e. The van der Waals surface area contributed by atoms with Gasteiger partial charge in [0.05, 0.1) is 5.54 Å². The molecule has 26 heavy (non-hydrogen) atoms. The number of rotatable bonds is 6. The van der Waals surface area contributed by atoms with Crippen molar-refractivity contribution in [2.24, 2.45) is 0 Å². The van der Waals surface area contributed by atoms with Crippen molar-refractivity contribution in [3.05, 3.63) is 108 Å². The van der Waals surface area contributed by atoms with Gasteiger partial charge in [0, 0.05) is 19.0 Å². The molecular weight excluding hydrogens is 318 g/mol. The minimum absolute atomic E-state index is 0.271. The monoisotopic (exact) mass is 341 g/mol. The summed E-state index contributed by atoms with van der Waals surface area (Å²) in [5, 5.41) is 0. The molecule has 0 N–H and O–H groups in total. The van der Waals surface area contributed by atoms with E-state index in [1.165, 1.54) is 16.7 Å². The first-order valence-corrected chi connectivity index (χ1v) is 9.24. The maximum absolute atomic E-state index is 11.3. The lowest BCUT2D eigenvalue weighted by atomic mass is 9.72. The first kappa shape index (κ1) is 16.7. The lowest BCUT2D eigenvalue weighted by Crippen LogP contribution is -2.60. The molecule has 1 saturated heterocycles. The molecule has 2 nitrogen and oxygen atoms in total. The summed E-state index contributed by atoms with van der Waals surface area (Å²) in [5.74, 6) is 0. The Balaban J connectivity index is 1.99. The van der Waals surface area contributed by atoms with E-state index in [1.54, 1.807) is 0 Å². The quantitative estimate of drug-likeness (QED) is 0.481. The SMILES string of the molecule is O=CC[C@@H]1CCN1C(c1ccccc1)(c1ccccc1)c1ccccc1. The van der Waals surface area contributed by atoms with Gasteiger partial charge in [-0.05, 0) is 23.1 Å². The first-order valence-electron chi connectivity index (χ1n) is 9.24. The van der Waals surface area contributed by atoms with Crippen LogP contribution in [-0.2, 0) is 10.3 Å². The third-order valence-corrected chi connectivity index (χ3v) is 5.52. The molecule has 0 saturated carbocycles. The summed E-state index contributed by atoms with van der Waals surface area (Å²) < 4.78 is 0. The smallest absolute Gasteiger partial charge is 0.121 e. The highest BCUT2D eigenvalue weighted by Gasteiger charge is 2.48. The Hall–Kier alpha value is -2.71. The normalized spacial score (nSPS) is 17.5. The van der Waals surface area contributed by atoms with Crippen LogP contribution in [0.25, 0.3) is 0 Å². The predicted molar refractivity (Wildman–Crippen MR) is 105 cm³/mol. The Labute approximate surface area is 155 Å². The fraction of sp³-hybridized carbons (Fsp3) is 0.208. The molecule has 0 bridgehead atoms. The average Bonchev–Trinajstić information content (AvgIpc) is 2.71. The van der Waals surface area contributed by atoms with Crippen molar-refractivity contribution in [3.8, 4) is 0 Å². The largest absolute Gasteiger partial charge is 0.303 e. The minimum atomic E-state index is -0.379. The van der Waals surface area contributed by atoms with E-state index >= 15 is 0 Å². The Bertz CT molecular complexity index is 748. The van der Waals surface area contributed by atoms with Crippen LogP contribution in [0.15, 0.2) is 91.0 Å². The Morgan fingerprint density at radius 1 is 0.769 bits per heavy atom. The third kappa shape index (κ3) is 2.67. The maximum atomic E-state index is 11.3. The molecule has 0 aromatic heterocycles. The van der Waals surface area contributed by atoms with Crippen molar-refractivity contribution >= 4 is 6.29 Å². The van der Waals surface area contributed by atoms with E-state index in [0.717, 1.165) is 19.3 Å². The average molecular weight is 341 g/mol.